The van der Waals surface area contributed by atoms with Crippen LogP contribution >= 0.6 is 22.7 Å². The number of nitrogens with zero attached hydrogens (tertiary/aromatic N) is 2. The number of carboxylic acid groups (broad SMARTS) is 1. The van der Waals surface area contributed by atoms with E-state index in [0.29, 0.717) is 18.7 Å². The maximum Gasteiger partial charge on any atom is 0.326 e. The van der Waals surface area contributed by atoms with Crippen LogP contribution in [0.1, 0.15) is 23.3 Å². The predicted molar refractivity (Wildman–Crippen MR) is 77.1 cm³/mol. The van der Waals surface area contributed by atoms with Crippen molar-refractivity contribution in [1.82, 2.24) is 9.88 Å². The molecule has 7 heteroatoms. The van der Waals surface area contributed by atoms with Gasteiger partial charge in [0.05, 0.1) is 0 Å². The van der Waals surface area contributed by atoms with Crippen LogP contribution in [0.15, 0.2) is 22.2 Å². The van der Waals surface area contributed by atoms with Crippen LogP contribution in [0.3, 0.4) is 0 Å². The molecule has 3 heterocycles. The Bertz CT molecular complexity index is 636. The van der Waals surface area contributed by atoms with Crippen molar-refractivity contribution in [2.75, 3.05) is 6.54 Å². The molecule has 3 rings (SSSR count). The topological polar surface area (TPSA) is 70.5 Å². The number of aliphatic carboxylic acids is 1. The van der Waals surface area contributed by atoms with Crippen LogP contribution < -0.4 is 0 Å². The van der Waals surface area contributed by atoms with E-state index in [2.05, 4.69) is 4.98 Å². The lowest BCUT2D eigenvalue weighted by molar-refractivity contribution is -0.141. The van der Waals surface area contributed by atoms with E-state index in [1.807, 2.05) is 16.8 Å². The van der Waals surface area contributed by atoms with Gasteiger partial charge in [0.25, 0.3) is 5.91 Å². The van der Waals surface area contributed by atoms with E-state index in [-0.39, 0.29) is 5.91 Å². The molecule has 104 valence electrons. The maximum atomic E-state index is 12.4. The van der Waals surface area contributed by atoms with Crippen LogP contribution in [-0.2, 0) is 4.79 Å². The van der Waals surface area contributed by atoms with Crippen LogP contribution in [0.25, 0.3) is 10.6 Å². The van der Waals surface area contributed by atoms with E-state index in [9.17, 15) is 9.59 Å². The third kappa shape index (κ3) is 2.34. The van der Waals surface area contributed by atoms with E-state index in [1.165, 1.54) is 16.2 Å². The number of carbonyl (C=O) groups excluding carboxylic acids is 1. The lowest BCUT2D eigenvalue weighted by atomic mass is 10.2. The first kappa shape index (κ1) is 13.3. The molecule has 0 spiro atoms. The lowest BCUT2D eigenvalue weighted by Gasteiger charge is -2.20. The molecule has 0 bridgehead atoms. The largest absolute Gasteiger partial charge is 0.480 e. The summed E-state index contributed by atoms with van der Waals surface area (Å²) in [4.78, 5) is 29.2. The zero-order valence-electron chi connectivity index (χ0n) is 10.5. The number of thiazole rings is 1. The minimum atomic E-state index is -0.941. The van der Waals surface area contributed by atoms with Crippen LogP contribution in [0.2, 0.25) is 0 Å². The summed E-state index contributed by atoms with van der Waals surface area (Å²) < 4.78 is 0. The second kappa shape index (κ2) is 5.34. The molecule has 1 aliphatic rings. The van der Waals surface area contributed by atoms with Crippen molar-refractivity contribution in [2.24, 2.45) is 0 Å². The number of rotatable bonds is 3. The first-order valence-corrected chi connectivity index (χ1v) is 8.01. The number of thiophene rings is 1. The number of aromatic nitrogens is 1. The van der Waals surface area contributed by atoms with Crippen molar-refractivity contribution in [3.8, 4) is 10.6 Å². The quantitative estimate of drug-likeness (QED) is 0.946. The highest BCUT2D eigenvalue weighted by Gasteiger charge is 2.35. The van der Waals surface area contributed by atoms with Gasteiger partial charge >= 0.3 is 5.97 Å². The van der Waals surface area contributed by atoms with Crippen molar-refractivity contribution >= 4 is 34.6 Å². The Hall–Kier alpha value is -1.73. The molecule has 1 N–H and O–H groups in total. The third-order valence-electron chi connectivity index (χ3n) is 3.29. The van der Waals surface area contributed by atoms with Crippen molar-refractivity contribution in [3.63, 3.8) is 0 Å². The minimum absolute atomic E-state index is 0.285. The van der Waals surface area contributed by atoms with Gasteiger partial charge in [0.2, 0.25) is 0 Å². The van der Waals surface area contributed by atoms with Gasteiger partial charge in [0.15, 0.2) is 0 Å². The molecule has 20 heavy (non-hydrogen) atoms. The van der Waals surface area contributed by atoms with Crippen LogP contribution in [0.5, 0.6) is 0 Å². The summed E-state index contributed by atoms with van der Waals surface area (Å²) in [5.41, 5.74) is 1.33. The fourth-order valence-electron chi connectivity index (χ4n) is 2.30. The molecule has 1 aliphatic heterocycles. The van der Waals surface area contributed by atoms with Gasteiger partial charge in [-0.1, -0.05) is 0 Å². The molecule has 1 fully saturated rings. The van der Waals surface area contributed by atoms with Gasteiger partial charge in [-0.05, 0) is 24.3 Å². The van der Waals surface area contributed by atoms with Gasteiger partial charge in [-0.15, -0.1) is 11.3 Å². The van der Waals surface area contributed by atoms with Gasteiger partial charge in [0, 0.05) is 22.9 Å². The molecule has 0 aromatic carbocycles. The van der Waals surface area contributed by atoms with Crippen molar-refractivity contribution in [1.29, 1.82) is 0 Å². The molecule has 5 nitrogen and oxygen atoms in total. The minimum Gasteiger partial charge on any atom is -0.480 e. The predicted octanol–water partition coefficient (Wildman–Crippen LogP) is 2.56. The Kier molecular flexibility index (Phi) is 3.54. The van der Waals surface area contributed by atoms with Gasteiger partial charge in [-0.3, -0.25) is 4.79 Å². The Morgan fingerprint density at radius 3 is 2.95 bits per heavy atom. The molecular weight excluding hydrogens is 296 g/mol. The second-order valence-corrected chi connectivity index (χ2v) is 6.18. The normalized spacial score (nSPS) is 18.4. The molecular formula is C13H12N2O3S2. The van der Waals surface area contributed by atoms with E-state index in [0.717, 1.165) is 17.0 Å². The van der Waals surface area contributed by atoms with E-state index >= 15 is 0 Å². The average Bonchev–Trinajstić information content (AvgIpc) is 3.17. The summed E-state index contributed by atoms with van der Waals surface area (Å²) in [7, 11) is 0. The van der Waals surface area contributed by atoms with Crippen LogP contribution in [-0.4, -0.2) is 39.5 Å². The first-order valence-electron chi connectivity index (χ1n) is 6.18. The monoisotopic (exact) mass is 308 g/mol. The highest BCUT2D eigenvalue weighted by molar-refractivity contribution is 7.14. The zero-order valence-corrected chi connectivity index (χ0v) is 12.1. The number of carboxylic acids is 1. The summed E-state index contributed by atoms with van der Waals surface area (Å²) in [6.45, 7) is 0.487. The fourth-order valence-corrected chi connectivity index (χ4v) is 3.81. The molecule has 0 radical (unpaired) electrons. The molecule has 0 aliphatic carbocycles. The van der Waals surface area contributed by atoms with Crippen LogP contribution in [0, 0.1) is 0 Å². The third-order valence-corrected chi connectivity index (χ3v) is 4.86. The number of likely N-dealkylation sites (tertiary alicyclic amines) is 1. The molecule has 2 aromatic heterocycles. The Labute approximate surface area is 123 Å². The van der Waals surface area contributed by atoms with Crippen LogP contribution in [0.4, 0.5) is 0 Å². The molecule has 2 aromatic rings. The molecule has 0 saturated carbocycles. The molecule has 1 amide bonds. The first-order chi connectivity index (χ1) is 9.66. The molecule has 1 atom stereocenters. The van der Waals surface area contributed by atoms with Gasteiger partial charge in [-0.25, -0.2) is 9.78 Å². The molecule has 0 unspecified atom stereocenters. The summed E-state index contributed by atoms with van der Waals surface area (Å²) in [5, 5.41) is 15.6. The number of amides is 1. The van der Waals surface area contributed by atoms with Crippen molar-refractivity contribution < 1.29 is 14.7 Å². The fraction of sp³-hybridized carbons (Fsp3) is 0.308. The van der Waals surface area contributed by atoms with E-state index in [1.54, 1.807) is 16.7 Å². The Balaban J connectivity index is 1.83. The highest BCUT2D eigenvalue weighted by Crippen LogP contribution is 2.27. The Morgan fingerprint density at radius 2 is 2.25 bits per heavy atom. The average molecular weight is 308 g/mol. The zero-order chi connectivity index (χ0) is 14.1. The van der Waals surface area contributed by atoms with Crippen molar-refractivity contribution in [3.05, 3.63) is 27.9 Å². The SMILES string of the molecule is O=C(O)[C@H]1CCCN1C(=O)c1csc(-c2ccsc2)n1. The smallest absolute Gasteiger partial charge is 0.326 e. The number of hydrogen-bond acceptors (Lipinski definition) is 5. The van der Waals surface area contributed by atoms with Crippen molar-refractivity contribution in [2.45, 2.75) is 18.9 Å². The van der Waals surface area contributed by atoms with Gasteiger partial charge < -0.3 is 10.0 Å². The number of hydrogen-bond donors (Lipinski definition) is 1. The van der Waals surface area contributed by atoms with E-state index < -0.39 is 12.0 Å². The summed E-state index contributed by atoms with van der Waals surface area (Å²) in [6.07, 6.45) is 1.24. The highest BCUT2D eigenvalue weighted by atomic mass is 32.1. The summed E-state index contributed by atoms with van der Waals surface area (Å²) in [6, 6.07) is 1.24. The summed E-state index contributed by atoms with van der Waals surface area (Å²) >= 11 is 2.98. The number of carbonyl (C=O) groups is 2. The molecule has 1 saturated heterocycles. The standard InChI is InChI=1S/C13H12N2O3S2/c16-12(15-4-1-2-10(15)13(17)18)9-7-20-11(14-9)8-3-5-19-6-8/h3,5-7,10H,1-2,4H2,(H,17,18)/t10-/m1/s1. The Morgan fingerprint density at radius 1 is 1.40 bits per heavy atom. The van der Waals surface area contributed by atoms with Gasteiger partial charge in [-0.2, -0.15) is 11.3 Å². The second-order valence-electron chi connectivity index (χ2n) is 4.54. The maximum absolute atomic E-state index is 12.4. The lowest BCUT2D eigenvalue weighted by Crippen LogP contribution is -2.40. The summed E-state index contributed by atoms with van der Waals surface area (Å²) in [5.74, 6) is -1.23. The van der Waals surface area contributed by atoms with E-state index in [4.69, 9.17) is 5.11 Å². The van der Waals surface area contributed by atoms with Gasteiger partial charge in [0.1, 0.15) is 16.7 Å².